The number of hydrogen-bond donors (Lipinski definition) is 1. The van der Waals surface area contributed by atoms with E-state index < -0.39 is 5.54 Å². The molecule has 1 heterocycles. The Bertz CT molecular complexity index is 239. The van der Waals surface area contributed by atoms with Gasteiger partial charge in [0, 0.05) is 13.2 Å². The van der Waals surface area contributed by atoms with Gasteiger partial charge in [0.2, 0.25) is 0 Å². The Labute approximate surface area is 104 Å². The lowest BCUT2D eigenvalue weighted by atomic mass is 9.96. The Morgan fingerprint density at radius 3 is 2.82 bits per heavy atom. The van der Waals surface area contributed by atoms with Gasteiger partial charge in [-0.15, -0.1) is 0 Å². The Hall–Kier alpha value is -0.610. The largest absolute Gasteiger partial charge is 0.465 e. The maximum absolute atomic E-state index is 11.9. The van der Waals surface area contributed by atoms with Gasteiger partial charge in [-0.05, 0) is 33.1 Å². The fourth-order valence-electron chi connectivity index (χ4n) is 2.20. The summed E-state index contributed by atoms with van der Waals surface area (Å²) >= 11 is 0. The van der Waals surface area contributed by atoms with Crippen LogP contribution in [0.25, 0.3) is 0 Å². The van der Waals surface area contributed by atoms with E-state index in [1.165, 1.54) is 0 Å². The highest BCUT2D eigenvalue weighted by atomic mass is 16.5. The first-order valence-electron chi connectivity index (χ1n) is 6.66. The molecule has 1 saturated heterocycles. The molecule has 1 rings (SSSR count). The second kappa shape index (κ2) is 6.97. The summed E-state index contributed by atoms with van der Waals surface area (Å²) in [5.41, 5.74) is -0.573. The monoisotopic (exact) mass is 243 g/mol. The minimum absolute atomic E-state index is 0.153. The molecule has 1 aliphatic rings. The highest BCUT2D eigenvalue weighted by Gasteiger charge is 2.34. The standard InChI is InChI=1S/C13H25NO3/c1-4-8-13(3,12(15)16-5-2)14-10-11-7-6-9-17-11/h11,14H,4-10H2,1-3H3. The zero-order chi connectivity index (χ0) is 12.7. The van der Waals surface area contributed by atoms with Crippen molar-refractivity contribution in [3.63, 3.8) is 0 Å². The minimum Gasteiger partial charge on any atom is -0.465 e. The molecule has 17 heavy (non-hydrogen) atoms. The summed E-state index contributed by atoms with van der Waals surface area (Å²) in [6.07, 6.45) is 4.20. The van der Waals surface area contributed by atoms with E-state index in [0.717, 1.165) is 38.8 Å². The van der Waals surface area contributed by atoms with Gasteiger partial charge in [-0.3, -0.25) is 10.1 Å². The summed E-state index contributed by atoms with van der Waals surface area (Å²) in [4.78, 5) is 11.9. The lowest BCUT2D eigenvalue weighted by Crippen LogP contribution is -2.52. The molecule has 100 valence electrons. The Morgan fingerprint density at radius 1 is 1.53 bits per heavy atom. The average Bonchev–Trinajstić information content (AvgIpc) is 2.80. The molecule has 4 heteroatoms. The van der Waals surface area contributed by atoms with E-state index in [2.05, 4.69) is 12.2 Å². The number of ether oxygens (including phenoxy) is 2. The fourth-order valence-corrected chi connectivity index (χ4v) is 2.20. The van der Waals surface area contributed by atoms with Crippen LogP contribution >= 0.6 is 0 Å². The van der Waals surface area contributed by atoms with Gasteiger partial charge >= 0.3 is 5.97 Å². The second-order valence-electron chi connectivity index (χ2n) is 4.82. The zero-order valence-electron chi connectivity index (χ0n) is 11.3. The van der Waals surface area contributed by atoms with Crippen LogP contribution in [0.1, 0.15) is 46.5 Å². The fraction of sp³-hybridized carbons (Fsp3) is 0.923. The van der Waals surface area contributed by atoms with Crippen molar-refractivity contribution in [1.29, 1.82) is 0 Å². The van der Waals surface area contributed by atoms with Gasteiger partial charge in [-0.1, -0.05) is 13.3 Å². The van der Waals surface area contributed by atoms with Crippen molar-refractivity contribution >= 4 is 5.97 Å². The molecule has 4 nitrogen and oxygen atoms in total. The number of carbonyl (C=O) groups is 1. The molecule has 1 fully saturated rings. The van der Waals surface area contributed by atoms with E-state index in [9.17, 15) is 4.79 Å². The van der Waals surface area contributed by atoms with Crippen LogP contribution in [0.4, 0.5) is 0 Å². The van der Waals surface area contributed by atoms with Gasteiger partial charge in [0.05, 0.1) is 12.7 Å². The van der Waals surface area contributed by atoms with E-state index in [4.69, 9.17) is 9.47 Å². The van der Waals surface area contributed by atoms with Gasteiger partial charge in [0.1, 0.15) is 5.54 Å². The number of rotatable bonds is 7. The molecule has 1 N–H and O–H groups in total. The molecule has 0 aliphatic carbocycles. The summed E-state index contributed by atoms with van der Waals surface area (Å²) in [7, 11) is 0. The minimum atomic E-state index is -0.573. The average molecular weight is 243 g/mol. The van der Waals surface area contributed by atoms with Gasteiger partial charge < -0.3 is 9.47 Å². The van der Waals surface area contributed by atoms with Crippen LogP contribution in [0.5, 0.6) is 0 Å². The van der Waals surface area contributed by atoms with Crippen molar-refractivity contribution in [2.75, 3.05) is 19.8 Å². The van der Waals surface area contributed by atoms with Crippen LogP contribution in [-0.2, 0) is 14.3 Å². The lowest BCUT2D eigenvalue weighted by molar-refractivity contribution is -0.151. The quantitative estimate of drug-likeness (QED) is 0.694. The van der Waals surface area contributed by atoms with Crippen molar-refractivity contribution in [2.24, 2.45) is 0 Å². The molecule has 0 aromatic rings. The third-order valence-electron chi connectivity index (χ3n) is 3.22. The van der Waals surface area contributed by atoms with Crippen molar-refractivity contribution in [2.45, 2.75) is 58.1 Å². The van der Waals surface area contributed by atoms with Gasteiger partial charge in [-0.25, -0.2) is 0 Å². The Morgan fingerprint density at radius 2 is 2.29 bits per heavy atom. The molecule has 0 radical (unpaired) electrons. The van der Waals surface area contributed by atoms with Crippen molar-refractivity contribution < 1.29 is 14.3 Å². The predicted octanol–water partition coefficient (Wildman–Crippen LogP) is 1.88. The van der Waals surface area contributed by atoms with Crippen LogP contribution in [0.15, 0.2) is 0 Å². The SMILES string of the molecule is CCCC(C)(NCC1CCCO1)C(=O)OCC. The molecule has 0 bridgehead atoms. The molecule has 1 aliphatic heterocycles. The topological polar surface area (TPSA) is 47.6 Å². The Balaban J connectivity index is 2.47. The maximum Gasteiger partial charge on any atom is 0.326 e. The van der Waals surface area contributed by atoms with E-state index in [-0.39, 0.29) is 12.1 Å². The number of esters is 1. The molecular weight excluding hydrogens is 218 g/mol. The summed E-state index contributed by atoms with van der Waals surface area (Å²) in [6.45, 7) is 7.84. The van der Waals surface area contributed by atoms with Gasteiger partial charge in [0.15, 0.2) is 0 Å². The maximum atomic E-state index is 11.9. The van der Waals surface area contributed by atoms with Crippen LogP contribution in [0.3, 0.4) is 0 Å². The highest BCUT2D eigenvalue weighted by Crippen LogP contribution is 2.17. The molecule has 2 unspecified atom stereocenters. The zero-order valence-corrected chi connectivity index (χ0v) is 11.3. The normalized spacial score (nSPS) is 23.4. The highest BCUT2D eigenvalue weighted by molar-refractivity contribution is 5.80. The molecule has 0 amide bonds. The number of nitrogens with one attached hydrogen (secondary N) is 1. The van der Waals surface area contributed by atoms with Crippen molar-refractivity contribution in [3.8, 4) is 0 Å². The van der Waals surface area contributed by atoms with Crippen molar-refractivity contribution in [3.05, 3.63) is 0 Å². The predicted molar refractivity (Wildman–Crippen MR) is 66.9 cm³/mol. The molecule has 0 aromatic heterocycles. The first-order chi connectivity index (χ1) is 8.12. The van der Waals surface area contributed by atoms with Crippen LogP contribution in [0, 0.1) is 0 Å². The van der Waals surface area contributed by atoms with Crippen molar-refractivity contribution in [1.82, 2.24) is 5.32 Å². The van der Waals surface area contributed by atoms with E-state index in [1.54, 1.807) is 0 Å². The first-order valence-corrected chi connectivity index (χ1v) is 6.66. The van der Waals surface area contributed by atoms with Gasteiger partial charge in [0.25, 0.3) is 0 Å². The third-order valence-corrected chi connectivity index (χ3v) is 3.22. The van der Waals surface area contributed by atoms with Crippen LogP contribution < -0.4 is 5.32 Å². The third kappa shape index (κ3) is 4.28. The van der Waals surface area contributed by atoms with E-state index in [0.29, 0.717) is 6.61 Å². The summed E-state index contributed by atoms with van der Waals surface area (Å²) in [6, 6.07) is 0. The molecular formula is C13H25NO3. The Kier molecular flexibility index (Phi) is 5.92. The summed E-state index contributed by atoms with van der Waals surface area (Å²) in [5.74, 6) is -0.153. The smallest absolute Gasteiger partial charge is 0.326 e. The second-order valence-corrected chi connectivity index (χ2v) is 4.82. The molecule has 2 atom stereocenters. The lowest BCUT2D eigenvalue weighted by Gasteiger charge is -2.29. The summed E-state index contributed by atoms with van der Waals surface area (Å²) < 4.78 is 10.7. The molecule has 0 saturated carbocycles. The van der Waals surface area contributed by atoms with E-state index in [1.807, 2.05) is 13.8 Å². The van der Waals surface area contributed by atoms with Crippen LogP contribution in [0.2, 0.25) is 0 Å². The van der Waals surface area contributed by atoms with Gasteiger partial charge in [-0.2, -0.15) is 0 Å². The molecule has 0 spiro atoms. The number of carbonyl (C=O) groups excluding carboxylic acids is 1. The van der Waals surface area contributed by atoms with E-state index >= 15 is 0 Å². The number of hydrogen-bond acceptors (Lipinski definition) is 4. The van der Waals surface area contributed by atoms with Crippen LogP contribution in [-0.4, -0.2) is 37.4 Å². The first kappa shape index (κ1) is 14.5. The summed E-state index contributed by atoms with van der Waals surface area (Å²) in [5, 5.41) is 3.32. The molecule has 0 aromatic carbocycles.